The van der Waals surface area contributed by atoms with Gasteiger partial charge in [-0.25, -0.2) is 0 Å². The van der Waals surface area contributed by atoms with Crippen molar-refractivity contribution in [1.29, 1.82) is 0 Å². The highest BCUT2D eigenvalue weighted by Crippen LogP contribution is 2.12. The zero-order chi connectivity index (χ0) is 11.1. The number of thiophene rings is 1. The number of carbonyl (C=O) groups is 2. The Labute approximate surface area is 92.2 Å². The summed E-state index contributed by atoms with van der Waals surface area (Å²) >= 11 is 1.51. The zero-order valence-electron chi connectivity index (χ0n) is 8.49. The normalized spacial score (nSPS) is 9.67. The molecule has 1 amide bonds. The van der Waals surface area contributed by atoms with Crippen LogP contribution in [0, 0.1) is 0 Å². The predicted octanol–water partition coefficient (Wildman–Crippen LogP) is 2.03. The molecule has 0 aliphatic heterocycles. The highest BCUT2D eigenvalue weighted by Gasteiger charge is 2.07. The quantitative estimate of drug-likeness (QED) is 0.783. The van der Waals surface area contributed by atoms with Crippen molar-refractivity contribution in [2.24, 2.45) is 0 Å². The van der Waals surface area contributed by atoms with E-state index in [9.17, 15) is 9.59 Å². The highest BCUT2D eigenvalue weighted by molar-refractivity contribution is 7.08. The van der Waals surface area contributed by atoms with Crippen LogP contribution in [0.15, 0.2) is 16.8 Å². The topological polar surface area (TPSA) is 55.4 Å². The average molecular weight is 227 g/mol. The molecule has 82 valence electrons. The van der Waals surface area contributed by atoms with Crippen molar-refractivity contribution in [2.45, 2.75) is 19.8 Å². The molecule has 0 saturated heterocycles. The van der Waals surface area contributed by atoms with E-state index in [0.29, 0.717) is 6.61 Å². The van der Waals surface area contributed by atoms with Gasteiger partial charge in [-0.15, -0.1) is 0 Å². The number of esters is 1. The van der Waals surface area contributed by atoms with Crippen LogP contribution in [0.3, 0.4) is 0 Å². The molecule has 1 N–H and O–H groups in total. The molecule has 0 saturated carbocycles. The van der Waals surface area contributed by atoms with Crippen molar-refractivity contribution in [2.75, 3.05) is 11.9 Å². The number of amides is 1. The Hall–Kier alpha value is -1.36. The molecule has 5 heteroatoms. The van der Waals surface area contributed by atoms with Crippen molar-refractivity contribution in [3.63, 3.8) is 0 Å². The summed E-state index contributed by atoms with van der Waals surface area (Å²) in [5.74, 6) is -0.501. The van der Waals surface area contributed by atoms with Crippen molar-refractivity contribution in [3.8, 4) is 0 Å². The Morgan fingerprint density at radius 3 is 2.87 bits per heavy atom. The molecular formula is C10H13NO3S. The van der Waals surface area contributed by atoms with Crippen LogP contribution in [0.5, 0.6) is 0 Å². The molecule has 0 radical (unpaired) electrons. The Balaban J connectivity index is 2.22. The van der Waals surface area contributed by atoms with Gasteiger partial charge in [0, 0.05) is 11.8 Å². The summed E-state index contributed by atoms with van der Waals surface area (Å²) in [6.45, 7) is 2.09. The summed E-state index contributed by atoms with van der Waals surface area (Å²) in [7, 11) is 0. The third kappa shape index (κ3) is 4.60. The third-order valence-electron chi connectivity index (χ3n) is 1.67. The van der Waals surface area contributed by atoms with Gasteiger partial charge in [0.05, 0.1) is 18.7 Å². The maximum Gasteiger partial charge on any atom is 0.306 e. The van der Waals surface area contributed by atoms with E-state index in [1.807, 2.05) is 16.8 Å². The fraction of sp³-hybridized carbons (Fsp3) is 0.400. The molecule has 0 aliphatic carbocycles. The lowest BCUT2D eigenvalue weighted by atomic mass is 10.3. The van der Waals surface area contributed by atoms with E-state index in [1.54, 1.807) is 6.92 Å². The van der Waals surface area contributed by atoms with Gasteiger partial charge < -0.3 is 10.1 Å². The summed E-state index contributed by atoms with van der Waals surface area (Å²) in [6.07, 6.45) is 0.290. The molecule has 1 rings (SSSR count). The number of hydrogen-bond donors (Lipinski definition) is 1. The zero-order valence-corrected chi connectivity index (χ0v) is 9.30. The van der Waals surface area contributed by atoms with Gasteiger partial charge in [-0.05, 0) is 18.4 Å². The first-order chi connectivity index (χ1) is 7.22. The Morgan fingerprint density at radius 1 is 1.47 bits per heavy atom. The predicted molar refractivity (Wildman–Crippen MR) is 58.8 cm³/mol. The summed E-state index contributed by atoms with van der Waals surface area (Å²) < 4.78 is 4.71. The van der Waals surface area contributed by atoms with Crippen LogP contribution in [-0.4, -0.2) is 18.5 Å². The minimum Gasteiger partial charge on any atom is -0.466 e. The molecule has 0 fully saturated rings. The Morgan fingerprint density at radius 2 is 2.27 bits per heavy atom. The van der Waals surface area contributed by atoms with Crippen LogP contribution >= 0.6 is 11.3 Å². The monoisotopic (exact) mass is 227 g/mol. The van der Waals surface area contributed by atoms with Gasteiger partial charge >= 0.3 is 5.97 Å². The third-order valence-corrected chi connectivity index (χ3v) is 2.35. The number of ether oxygens (including phenoxy) is 1. The van der Waals surface area contributed by atoms with Crippen molar-refractivity contribution in [3.05, 3.63) is 16.8 Å². The van der Waals surface area contributed by atoms with Gasteiger partial charge in [-0.1, -0.05) is 0 Å². The van der Waals surface area contributed by atoms with E-state index >= 15 is 0 Å². The van der Waals surface area contributed by atoms with E-state index in [0.717, 1.165) is 5.69 Å². The lowest BCUT2D eigenvalue weighted by Crippen LogP contribution is -2.14. The Bertz CT molecular complexity index is 321. The van der Waals surface area contributed by atoms with E-state index in [4.69, 9.17) is 4.74 Å². The molecule has 4 nitrogen and oxygen atoms in total. The first kappa shape index (κ1) is 11.7. The lowest BCUT2D eigenvalue weighted by Gasteiger charge is -2.02. The summed E-state index contributed by atoms with van der Waals surface area (Å²) in [4.78, 5) is 22.3. The molecule has 0 bridgehead atoms. The number of nitrogens with one attached hydrogen (secondary N) is 1. The minimum absolute atomic E-state index is 0.129. The molecule has 0 aromatic carbocycles. The second-order valence-electron chi connectivity index (χ2n) is 2.87. The van der Waals surface area contributed by atoms with E-state index in [-0.39, 0.29) is 24.7 Å². The van der Waals surface area contributed by atoms with Crippen LogP contribution in [0.2, 0.25) is 0 Å². The van der Waals surface area contributed by atoms with Crippen LogP contribution in [-0.2, 0) is 14.3 Å². The first-order valence-corrected chi connectivity index (χ1v) is 5.64. The molecular weight excluding hydrogens is 214 g/mol. The van der Waals surface area contributed by atoms with Crippen LogP contribution in [0.1, 0.15) is 19.8 Å². The largest absolute Gasteiger partial charge is 0.466 e. The molecule has 1 aromatic heterocycles. The molecule has 0 atom stereocenters. The minimum atomic E-state index is -0.335. The van der Waals surface area contributed by atoms with E-state index in [1.165, 1.54) is 11.3 Å². The lowest BCUT2D eigenvalue weighted by molar-refractivity contribution is -0.144. The molecule has 0 aliphatic rings. The van der Waals surface area contributed by atoms with Crippen LogP contribution in [0.4, 0.5) is 5.69 Å². The van der Waals surface area contributed by atoms with Crippen molar-refractivity contribution in [1.82, 2.24) is 0 Å². The first-order valence-electron chi connectivity index (χ1n) is 4.70. The number of hydrogen-bond acceptors (Lipinski definition) is 4. The standard InChI is InChI=1S/C10H13NO3S/c1-2-14-10(13)4-3-9(12)11-8-5-6-15-7-8/h5-7H,2-4H2,1H3,(H,11,12). The number of rotatable bonds is 5. The summed E-state index contributed by atoms with van der Waals surface area (Å²) in [6, 6.07) is 1.81. The van der Waals surface area contributed by atoms with E-state index in [2.05, 4.69) is 5.32 Å². The molecule has 0 unspecified atom stereocenters. The van der Waals surface area contributed by atoms with Crippen molar-refractivity contribution >= 4 is 28.9 Å². The average Bonchev–Trinajstić information content (AvgIpc) is 2.68. The molecule has 1 aromatic rings. The van der Waals surface area contributed by atoms with Crippen LogP contribution in [0.25, 0.3) is 0 Å². The van der Waals surface area contributed by atoms with Gasteiger partial charge in [0.1, 0.15) is 0 Å². The van der Waals surface area contributed by atoms with Gasteiger partial charge in [0.25, 0.3) is 0 Å². The van der Waals surface area contributed by atoms with Gasteiger partial charge in [0.2, 0.25) is 5.91 Å². The highest BCUT2D eigenvalue weighted by atomic mass is 32.1. The Kier molecular flexibility index (Phi) is 4.83. The molecule has 15 heavy (non-hydrogen) atoms. The summed E-state index contributed by atoms with van der Waals surface area (Å²) in [5, 5.41) is 6.39. The number of carbonyl (C=O) groups excluding carboxylic acids is 2. The van der Waals surface area contributed by atoms with Crippen molar-refractivity contribution < 1.29 is 14.3 Å². The maximum atomic E-state index is 11.3. The molecule has 1 heterocycles. The fourth-order valence-corrected chi connectivity index (χ4v) is 1.60. The van der Waals surface area contributed by atoms with Gasteiger partial charge in [-0.3, -0.25) is 9.59 Å². The van der Waals surface area contributed by atoms with E-state index < -0.39 is 0 Å². The number of anilines is 1. The van der Waals surface area contributed by atoms with Gasteiger partial charge in [0.15, 0.2) is 0 Å². The smallest absolute Gasteiger partial charge is 0.306 e. The summed E-state index contributed by atoms with van der Waals surface area (Å²) in [5.41, 5.74) is 0.772. The SMILES string of the molecule is CCOC(=O)CCC(=O)Nc1ccsc1. The molecule has 0 spiro atoms. The second kappa shape index (κ2) is 6.19. The fourth-order valence-electron chi connectivity index (χ4n) is 1.01. The van der Waals surface area contributed by atoms with Gasteiger partial charge in [-0.2, -0.15) is 11.3 Å². The maximum absolute atomic E-state index is 11.3. The van der Waals surface area contributed by atoms with Crippen LogP contribution < -0.4 is 5.32 Å². The second-order valence-corrected chi connectivity index (χ2v) is 3.65.